The maximum absolute atomic E-state index is 12.8. The van der Waals surface area contributed by atoms with Crippen molar-refractivity contribution >= 4 is 21.9 Å². The van der Waals surface area contributed by atoms with Gasteiger partial charge in [0.15, 0.2) is 6.10 Å². The smallest absolute Gasteiger partial charge is 0.338 e. The van der Waals surface area contributed by atoms with Crippen molar-refractivity contribution in [2.24, 2.45) is 0 Å². The normalized spacial score (nSPS) is 17.2. The van der Waals surface area contributed by atoms with Crippen molar-refractivity contribution in [2.75, 3.05) is 27.2 Å². The molecule has 0 N–H and O–H groups in total. The molecule has 26 heavy (non-hydrogen) atoms. The summed E-state index contributed by atoms with van der Waals surface area (Å²) in [5, 5.41) is 0. The number of carbonyl (C=O) groups excluding carboxylic acids is 2. The third kappa shape index (κ3) is 4.82. The Morgan fingerprint density at radius 1 is 1.12 bits per heavy atom. The van der Waals surface area contributed by atoms with Gasteiger partial charge in [0.2, 0.25) is 10.0 Å². The highest BCUT2D eigenvalue weighted by atomic mass is 32.2. The van der Waals surface area contributed by atoms with E-state index in [0.717, 1.165) is 25.7 Å². The molecule has 1 aliphatic rings. The molecule has 0 unspecified atom stereocenters. The molecule has 7 nitrogen and oxygen atoms in total. The first kappa shape index (κ1) is 20.4. The van der Waals surface area contributed by atoms with E-state index in [0.29, 0.717) is 13.1 Å². The van der Waals surface area contributed by atoms with Crippen LogP contribution in [0.1, 0.15) is 43.0 Å². The van der Waals surface area contributed by atoms with E-state index >= 15 is 0 Å². The van der Waals surface area contributed by atoms with E-state index in [1.165, 1.54) is 40.4 Å². The molecule has 1 fully saturated rings. The molecular weight excluding hydrogens is 356 g/mol. The zero-order chi connectivity index (χ0) is 19.3. The fourth-order valence-corrected chi connectivity index (χ4v) is 4.42. The first-order valence-corrected chi connectivity index (χ1v) is 10.2. The van der Waals surface area contributed by atoms with Gasteiger partial charge in [-0.05, 0) is 38.0 Å². The second-order valence-corrected chi connectivity index (χ2v) is 8.56. The Balaban J connectivity index is 2.18. The van der Waals surface area contributed by atoms with Crippen molar-refractivity contribution in [3.05, 3.63) is 29.8 Å². The summed E-state index contributed by atoms with van der Waals surface area (Å²) in [5.74, 6) is -1.06. The number of esters is 1. The van der Waals surface area contributed by atoms with Crippen LogP contribution in [-0.4, -0.2) is 62.8 Å². The van der Waals surface area contributed by atoms with Crippen molar-refractivity contribution in [3.63, 3.8) is 0 Å². The first-order chi connectivity index (χ1) is 12.2. The molecule has 1 aliphatic heterocycles. The minimum Gasteiger partial charge on any atom is -0.449 e. The van der Waals surface area contributed by atoms with Gasteiger partial charge in [-0.2, -0.15) is 4.31 Å². The molecule has 0 radical (unpaired) electrons. The number of likely N-dealkylation sites (N-methyl/N-ethyl adjacent to an activating group) is 1. The number of hydrogen-bond acceptors (Lipinski definition) is 5. The van der Waals surface area contributed by atoms with Gasteiger partial charge >= 0.3 is 5.97 Å². The lowest BCUT2D eigenvalue weighted by atomic mass is 10.2. The van der Waals surface area contributed by atoms with E-state index < -0.39 is 22.1 Å². The predicted octanol–water partition coefficient (Wildman–Crippen LogP) is 1.88. The highest BCUT2D eigenvalue weighted by Crippen LogP contribution is 2.21. The van der Waals surface area contributed by atoms with E-state index in [-0.39, 0.29) is 16.4 Å². The molecule has 1 aromatic carbocycles. The van der Waals surface area contributed by atoms with Gasteiger partial charge in [-0.3, -0.25) is 4.79 Å². The second-order valence-electron chi connectivity index (χ2n) is 6.63. The number of carbonyl (C=O) groups is 2. The molecule has 0 bridgehead atoms. The first-order valence-electron chi connectivity index (χ1n) is 8.76. The third-order valence-corrected chi connectivity index (χ3v) is 6.24. The quantitative estimate of drug-likeness (QED) is 0.726. The standard InChI is InChI=1S/C18H26N2O5S/c1-14(17(21)19(2)3)25-18(22)15-9-8-10-16(13-15)26(23,24)20-11-6-4-5-7-12-20/h8-10,13-14H,4-7,11-12H2,1-3H3/t14-/m1/s1. The fraction of sp³-hybridized carbons (Fsp3) is 0.556. The topological polar surface area (TPSA) is 84.0 Å². The Bertz CT molecular complexity index is 753. The Labute approximate surface area is 155 Å². The van der Waals surface area contributed by atoms with E-state index in [4.69, 9.17) is 4.74 Å². The van der Waals surface area contributed by atoms with E-state index in [9.17, 15) is 18.0 Å². The van der Waals surface area contributed by atoms with Gasteiger partial charge in [-0.15, -0.1) is 0 Å². The molecule has 1 aromatic rings. The zero-order valence-corrected chi connectivity index (χ0v) is 16.3. The van der Waals surface area contributed by atoms with Gasteiger partial charge in [-0.1, -0.05) is 18.9 Å². The van der Waals surface area contributed by atoms with Crippen molar-refractivity contribution < 1.29 is 22.7 Å². The summed E-state index contributed by atoms with van der Waals surface area (Å²) in [6, 6.07) is 5.79. The van der Waals surface area contributed by atoms with Crippen LogP contribution < -0.4 is 0 Å². The molecule has 1 amide bonds. The summed E-state index contributed by atoms with van der Waals surface area (Å²) in [6.45, 7) is 2.47. The highest BCUT2D eigenvalue weighted by Gasteiger charge is 2.27. The van der Waals surface area contributed by atoms with Crippen LogP contribution >= 0.6 is 0 Å². The minimum absolute atomic E-state index is 0.0699. The Morgan fingerprint density at radius 3 is 2.31 bits per heavy atom. The van der Waals surface area contributed by atoms with Crippen LogP contribution in [0.4, 0.5) is 0 Å². The number of nitrogens with zero attached hydrogens (tertiary/aromatic N) is 2. The molecule has 0 spiro atoms. The minimum atomic E-state index is -3.65. The van der Waals surface area contributed by atoms with Crippen LogP contribution in [-0.2, 0) is 19.6 Å². The second kappa shape index (κ2) is 8.64. The molecule has 1 atom stereocenters. The van der Waals surface area contributed by atoms with Gasteiger partial charge < -0.3 is 9.64 Å². The van der Waals surface area contributed by atoms with Crippen LogP contribution in [0.2, 0.25) is 0 Å². The van der Waals surface area contributed by atoms with Crippen molar-refractivity contribution in [1.29, 1.82) is 0 Å². The van der Waals surface area contributed by atoms with Crippen molar-refractivity contribution in [3.8, 4) is 0 Å². The molecule has 0 saturated carbocycles. The lowest BCUT2D eigenvalue weighted by Crippen LogP contribution is -2.35. The molecule has 144 valence electrons. The van der Waals surface area contributed by atoms with Crippen LogP contribution in [0.5, 0.6) is 0 Å². The summed E-state index contributed by atoms with van der Waals surface area (Å²) < 4.78 is 32.3. The lowest BCUT2D eigenvalue weighted by molar-refractivity contribution is -0.137. The monoisotopic (exact) mass is 382 g/mol. The van der Waals surface area contributed by atoms with Crippen molar-refractivity contribution in [2.45, 2.75) is 43.6 Å². The van der Waals surface area contributed by atoms with E-state index in [1.807, 2.05) is 0 Å². The molecule has 8 heteroatoms. The average Bonchev–Trinajstić information content (AvgIpc) is 2.90. The van der Waals surface area contributed by atoms with Crippen LogP contribution in [0.3, 0.4) is 0 Å². The number of rotatable bonds is 5. The predicted molar refractivity (Wildman–Crippen MR) is 97.2 cm³/mol. The summed E-state index contributed by atoms with van der Waals surface area (Å²) in [7, 11) is -0.508. The van der Waals surface area contributed by atoms with Crippen molar-refractivity contribution in [1.82, 2.24) is 9.21 Å². The summed E-state index contributed by atoms with van der Waals surface area (Å²) in [4.78, 5) is 25.5. The van der Waals surface area contributed by atoms with Gasteiger partial charge in [0, 0.05) is 27.2 Å². The molecule has 0 aromatic heterocycles. The van der Waals surface area contributed by atoms with Gasteiger partial charge in [-0.25, -0.2) is 13.2 Å². The van der Waals surface area contributed by atoms with Gasteiger partial charge in [0.05, 0.1) is 10.5 Å². The fourth-order valence-electron chi connectivity index (χ4n) is 2.86. The number of sulfonamides is 1. The van der Waals surface area contributed by atoms with E-state index in [2.05, 4.69) is 0 Å². The highest BCUT2D eigenvalue weighted by molar-refractivity contribution is 7.89. The van der Waals surface area contributed by atoms with Crippen LogP contribution in [0.15, 0.2) is 29.2 Å². The van der Waals surface area contributed by atoms with E-state index in [1.54, 1.807) is 14.1 Å². The molecular formula is C18H26N2O5S. The number of hydrogen-bond donors (Lipinski definition) is 0. The lowest BCUT2D eigenvalue weighted by Gasteiger charge is -2.20. The maximum Gasteiger partial charge on any atom is 0.338 e. The largest absolute Gasteiger partial charge is 0.449 e. The zero-order valence-electron chi connectivity index (χ0n) is 15.5. The molecule has 0 aliphatic carbocycles. The molecule has 2 rings (SSSR count). The van der Waals surface area contributed by atoms with Gasteiger partial charge in [0.25, 0.3) is 5.91 Å². The molecule has 1 saturated heterocycles. The number of amides is 1. The Morgan fingerprint density at radius 2 is 1.73 bits per heavy atom. The SMILES string of the molecule is C[C@@H](OC(=O)c1cccc(S(=O)(=O)N2CCCCCC2)c1)C(=O)N(C)C. The summed E-state index contributed by atoms with van der Waals surface area (Å²) in [5.41, 5.74) is 0.110. The summed E-state index contributed by atoms with van der Waals surface area (Å²) in [6.07, 6.45) is 2.78. The maximum atomic E-state index is 12.8. The molecule has 1 heterocycles. The Hall–Kier alpha value is -1.93. The number of ether oxygens (including phenoxy) is 1. The van der Waals surface area contributed by atoms with Crippen LogP contribution in [0, 0.1) is 0 Å². The third-order valence-electron chi connectivity index (χ3n) is 4.34. The Kier molecular flexibility index (Phi) is 6.77. The van der Waals surface area contributed by atoms with Crippen LogP contribution in [0.25, 0.3) is 0 Å². The average molecular weight is 382 g/mol. The number of benzene rings is 1. The summed E-state index contributed by atoms with van der Waals surface area (Å²) >= 11 is 0. The van der Waals surface area contributed by atoms with Gasteiger partial charge in [0.1, 0.15) is 0 Å².